The van der Waals surface area contributed by atoms with Crippen LogP contribution in [0.3, 0.4) is 0 Å². The summed E-state index contributed by atoms with van der Waals surface area (Å²) < 4.78 is 22.1. The average molecular weight is 241 g/mol. The zero-order valence-corrected chi connectivity index (χ0v) is 12.9. The first-order valence-corrected chi connectivity index (χ1v) is 10.2. The minimum atomic E-state index is -1.82. The molecule has 1 saturated heterocycles. The zero-order chi connectivity index (χ0) is 8.86. The molecule has 0 aromatic rings. The number of hydrogen-bond acceptors (Lipinski definition) is 4. The fraction of sp³-hybridized carbons (Fsp3) is 1.00. The van der Waals surface area contributed by atoms with Crippen LogP contribution in [0, 0.1) is 0 Å². The van der Waals surface area contributed by atoms with Gasteiger partial charge in [-0.05, 0) is 12.6 Å². The molecule has 0 spiro atoms. The van der Waals surface area contributed by atoms with Gasteiger partial charge in [-0.2, -0.15) is 0 Å². The minimum Gasteiger partial charge on any atom is -0.425 e. The van der Waals surface area contributed by atoms with E-state index in [0.29, 0.717) is 0 Å². The highest BCUT2D eigenvalue weighted by Crippen LogP contribution is 2.15. The lowest BCUT2D eigenvalue weighted by molar-refractivity contribution is 0.309. The molecule has 72 valence electrons. The number of rotatable bonds is 2. The molecule has 0 amide bonds. The Labute approximate surface area is 81.4 Å². The Kier molecular flexibility index (Phi) is 4.89. The van der Waals surface area contributed by atoms with E-state index >= 15 is 0 Å². The second-order valence-electron chi connectivity index (χ2n) is 2.93. The average Bonchev–Trinajstić information content (AvgIpc) is 1.99. The van der Waals surface area contributed by atoms with Gasteiger partial charge < -0.3 is 16.5 Å². The molecule has 0 aromatic carbocycles. The molecule has 0 atom stereocenters. The third kappa shape index (κ3) is 3.61. The lowest BCUT2D eigenvalue weighted by atomic mass is 10.6. The Morgan fingerprint density at radius 2 is 1.67 bits per heavy atom. The van der Waals surface area contributed by atoms with Crippen LogP contribution >= 0.6 is 0 Å². The van der Waals surface area contributed by atoms with Crippen molar-refractivity contribution in [2.24, 2.45) is 0 Å². The molecule has 0 unspecified atom stereocenters. The molecule has 0 N–H and O–H groups in total. The van der Waals surface area contributed by atoms with E-state index in [1.807, 2.05) is 0 Å². The maximum absolute atomic E-state index is 5.73. The molecule has 1 rings (SSSR count). The minimum absolute atomic E-state index is 0.715. The van der Waals surface area contributed by atoms with Gasteiger partial charge in [0.1, 0.15) is 0 Å². The first-order chi connectivity index (χ1) is 5.77. The van der Waals surface area contributed by atoms with Crippen LogP contribution in [0.1, 0.15) is 13.3 Å². The maximum Gasteiger partial charge on any atom is 0.316 e. The fourth-order valence-corrected chi connectivity index (χ4v) is 10.5. The van der Waals surface area contributed by atoms with Gasteiger partial charge in [0.2, 0.25) is 0 Å². The van der Waals surface area contributed by atoms with Crippen molar-refractivity contribution >= 4 is 38.6 Å². The highest BCUT2D eigenvalue weighted by Gasteiger charge is 2.30. The van der Waals surface area contributed by atoms with E-state index in [4.69, 9.17) is 16.5 Å². The van der Waals surface area contributed by atoms with Gasteiger partial charge in [0.25, 0.3) is 30.0 Å². The van der Waals surface area contributed by atoms with E-state index in [0.717, 1.165) is 12.5 Å². The molecule has 4 nitrogen and oxygen atoms in total. The van der Waals surface area contributed by atoms with Crippen LogP contribution in [0.2, 0.25) is 12.6 Å². The quantitative estimate of drug-likeness (QED) is 0.553. The highest BCUT2D eigenvalue weighted by atomic mass is 28.5. The van der Waals surface area contributed by atoms with Crippen LogP contribution in [0.15, 0.2) is 0 Å². The largest absolute Gasteiger partial charge is 0.425 e. The molecule has 0 aromatic heterocycles. The van der Waals surface area contributed by atoms with Crippen molar-refractivity contribution in [3.63, 3.8) is 0 Å². The summed E-state index contributed by atoms with van der Waals surface area (Å²) in [6.45, 7) is 4.28. The summed E-state index contributed by atoms with van der Waals surface area (Å²) in [6, 6.07) is 1.07. The third-order valence-electron chi connectivity index (χ3n) is 1.77. The predicted octanol–water partition coefficient (Wildman–Crippen LogP) is -1.46. The maximum atomic E-state index is 5.73. The molecular formula is C4H16O4Si4. The first kappa shape index (κ1) is 10.8. The van der Waals surface area contributed by atoms with Crippen LogP contribution in [0.25, 0.3) is 0 Å². The molecule has 1 fully saturated rings. The summed E-state index contributed by atoms with van der Waals surface area (Å²) in [5, 5.41) is 0. The SMILES string of the molecule is CCC[Si]1(C)O[SiH2]O[SiH2]O[SiH2]O1. The summed E-state index contributed by atoms with van der Waals surface area (Å²) in [7, 11) is -4.09. The second-order valence-corrected chi connectivity index (χ2v) is 12.0. The Morgan fingerprint density at radius 3 is 2.17 bits per heavy atom. The predicted molar refractivity (Wildman–Crippen MR) is 56.7 cm³/mol. The molecule has 0 radical (unpaired) electrons. The molecule has 0 bridgehead atoms. The molecule has 8 heteroatoms. The first-order valence-electron chi connectivity index (χ1n) is 4.20. The van der Waals surface area contributed by atoms with Gasteiger partial charge in [-0.1, -0.05) is 13.3 Å². The normalized spacial score (nSPS) is 38.5. The molecule has 1 aliphatic rings. The lowest BCUT2D eigenvalue weighted by Crippen LogP contribution is -2.44. The molecule has 1 aliphatic heterocycles. The summed E-state index contributed by atoms with van der Waals surface area (Å²) in [4.78, 5) is 0. The smallest absolute Gasteiger partial charge is 0.316 e. The van der Waals surface area contributed by atoms with Gasteiger partial charge in [0, 0.05) is 0 Å². The van der Waals surface area contributed by atoms with Crippen molar-refractivity contribution < 1.29 is 16.5 Å². The van der Waals surface area contributed by atoms with Gasteiger partial charge in [-0.15, -0.1) is 0 Å². The van der Waals surface area contributed by atoms with Crippen LogP contribution < -0.4 is 0 Å². The van der Waals surface area contributed by atoms with Crippen LogP contribution in [0.5, 0.6) is 0 Å². The van der Waals surface area contributed by atoms with Gasteiger partial charge in [-0.25, -0.2) is 0 Å². The topological polar surface area (TPSA) is 36.9 Å². The van der Waals surface area contributed by atoms with Crippen LogP contribution in [-0.2, 0) is 16.5 Å². The lowest BCUT2D eigenvalue weighted by Gasteiger charge is -2.29. The molecule has 0 saturated carbocycles. The van der Waals surface area contributed by atoms with Crippen molar-refractivity contribution in [1.29, 1.82) is 0 Å². The van der Waals surface area contributed by atoms with E-state index in [2.05, 4.69) is 13.5 Å². The molecule has 12 heavy (non-hydrogen) atoms. The molecule has 1 heterocycles. The summed E-state index contributed by atoms with van der Waals surface area (Å²) in [5.41, 5.74) is 0. The van der Waals surface area contributed by atoms with Gasteiger partial charge in [-0.3, -0.25) is 0 Å². The van der Waals surface area contributed by atoms with E-state index < -0.39 is 38.6 Å². The van der Waals surface area contributed by atoms with Crippen molar-refractivity contribution in [3.8, 4) is 0 Å². The van der Waals surface area contributed by atoms with Gasteiger partial charge in [0.15, 0.2) is 0 Å². The van der Waals surface area contributed by atoms with Crippen molar-refractivity contribution in [2.75, 3.05) is 0 Å². The number of hydrogen-bond donors (Lipinski definition) is 0. The van der Waals surface area contributed by atoms with Crippen LogP contribution in [-0.4, -0.2) is 38.6 Å². The Hall–Kier alpha value is 0.708. The Bertz CT molecular complexity index is 126. The third-order valence-corrected chi connectivity index (χ3v) is 11.7. The van der Waals surface area contributed by atoms with E-state index in [-0.39, 0.29) is 0 Å². The summed E-state index contributed by atoms with van der Waals surface area (Å²) in [6.07, 6.45) is 1.13. The van der Waals surface area contributed by atoms with Crippen molar-refractivity contribution in [1.82, 2.24) is 0 Å². The van der Waals surface area contributed by atoms with E-state index in [1.165, 1.54) is 0 Å². The van der Waals surface area contributed by atoms with Crippen molar-refractivity contribution in [3.05, 3.63) is 0 Å². The molecular weight excluding hydrogens is 224 g/mol. The Balaban J connectivity index is 2.36. The summed E-state index contributed by atoms with van der Waals surface area (Å²) >= 11 is 0. The van der Waals surface area contributed by atoms with Crippen LogP contribution in [0.4, 0.5) is 0 Å². The van der Waals surface area contributed by atoms with E-state index in [9.17, 15) is 0 Å². The second kappa shape index (κ2) is 5.44. The standard InChI is InChI=1S/C4H16O4Si4/c1-3-4-12(2)7-10-5-9-6-11-8-12/h3-4,9-11H2,1-2H3. The monoisotopic (exact) mass is 240 g/mol. The van der Waals surface area contributed by atoms with E-state index in [1.54, 1.807) is 0 Å². The fourth-order valence-electron chi connectivity index (χ4n) is 1.10. The zero-order valence-electron chi connectivity index (χ0n) is 7.67. The van der Waals surface area contributed by atoms with Gasteiger partial charge in [0.05, 0.1) is 0 Å². The molecule has 0 aliphatic carbocycles. The van der Waals surface area contributed by atoms with Gasteiger partial charge >= 0.3 is 8.56 Å². The van der Waals surface area contributed by atoms with Crippen molar-refractivity contribution in [2.45, 2.75) is 25.9 Å². The summed E-state index contributed by atoms with van der Waals surface area (Å²) in [5.74, 6) is 0. The highest BCUT2D eigenvalue weighted by molar-refractivity contribution is 6.74. The Morgan fingerprint density at radius 1 is 1.08 bits per heavy atom.